The standard InChI is InChI=1S/C18H12N4O2S2/c23-16(12-3-5-14(6-4-12)24-18-20-8-9-25-18)22-17-21-15(11-26-17)13-2-1-7-19-10-13/h1-11H,(H,21,22,23). The molecule has 8 heteroatoms. The van der Waals surface area contributed by atoms with Gasteiger partial charge in [-0.1, -0.05) is 11.3 Å². The number of carbonyl (C=O) groups excluding carboxylic acids is 1. The van der Waals surface area contributed by atoms with Crippen molar-refractivity contribution in [2.75, 3.05) is 5.32 Å². The van der Waals surface area contributed by atoms with Crippen LogP contribution in [0.4, 0.5) is 5.13 Å². The van der Waals surface area contributed by atoms with Crippen molar-refractivity contribution in [3.05, 3.63) is 71.3 Å². The Morgan fingerprint density at radius 3 is 2.69 bits per heavy atom. The largest absolute Gasteiger partial charge is 0.431 e. The molecule has 0 unspecified atom stereocenters. The molecule has 0 radical (unpaired) electrons. The molecule has 4 aromatic rings. The summed E-state index contributed by atoms with van der Waals surface area (Å²) in [4.78, 5) is 24.9. The van der Waals surface area contributed by atoms with Crippen LogP contribution >= 0.6 is 22.7 Å². The Balaban J connectivity index is 1.42. The average molecular weight is 380 g/mol. The highest BCUT2D eigenvalue weighted by Crippen LogP contribution is 2.26. The van der Waals surface area contributed by atoms with Gasteiger partial charge in [0.05, 0.1) is 5.69 Å². The number of benzene rings is 1. The fourth-order valence-electron chi connectivity index (χ4n) is 2.18. The van der Waals surface area contributed by atoms with Gasteiger partial charge in [-0.2, -0.15) is 0 Å². The molecule has 0 aliphatic carbocycles. The van der Waals surface area contributed by atoms with Crippen LogP contribution in [0.5, 0.6) is 10.9 Å². The Bertz CT molecular complexity index is 999. The lowest BCUT2D eigenvalue weighted by atomic mass is 10.2. The lowest BCUT2D eigenvalue weighted by molar-refractivity contribution is 0.102. The lowest BCUT2D eigenvalue weighted by Gasteiger charge is -2.04. The Hall–Kier alpha value is -3.10. The third-order valence-corrected chi connectivity index (χ3v) is 4.82. The Labute approximate surface area is 157 Å². The number of rotatable bonds is 5. The second-order valence-electron chi connectivity index (χ2n) is 5.16. The quantitative estimate of drug-likeness (QED) is 0.543. The van der Waals surface area contributed by atoms with Crippen LogP contribution in [0.2, 0.25) is 0 Å². The third-order valence-electron chi connectivity index (χ3n) is 3.41. The molecule has 1 N–H and O–H groups in total. The van der Waals surface area contributed by atoms with Crippen LogP contribution in [0.1, 0.15) is 10.4 Å². The van der Waals surface area contributed by atoms with E-state index in [2.05, 4.69) is 20.3 Å². The van der Waals surface area contributed by atoms with Crippen molar-refractivity contribution in [3.8, 4) is 22.2 Å². The van der Waals surface area contributed by atoms with Crippen molar-refractivity contribution in [1.29, 1.82) is 0 Å². The van der Waals surface area contributed by atoms with Crippen molar-refractivity contribution in [2.24, 2.45) is 0 Å². The summed E-state index contributed by atoms with van der Waals surface area (Å²) in [6.45, 7) is 0. The number of ether oxygens (including phenoxy) is 1. The first-order valence-corrected chi connectivity index (χ1v) is 9.38. The molecule has 0 fully saturated rings. The first-order chi connectivity index (χ1) is 12.8. The number of aromatic nitrogens is 3. The van der Waals surface area contributed by atoms with E-state index in [4.69, 9.17) is 4.74 Å². The minimum atomic E-state index is -0.224. The Morgan fingerprint density at radius 1 is 1.08 bits per heavy atom. The zero-order chi connectivity index (χ0) is 17.8. The fourth-order valence-corrected chi connectivity index (χ4v) is 3.40. The number of hydrogen-bond donors (Lipinski definition) is 1. The maximum atomic E-state index is 12.4. The van der Waals surface area contributed by atoms with Crippen LogP contribution in [-0.4, -0.2) is 20.9 Å². The van der Waals surface area contributed by atoms with Crippen molar-refractivity contribution in [2.45, 2.75) is 0 Å². The van der Waals surface area contributed by atoms with Gasteiger partial charge in [-0.25, -0.2) is 9.97 Å². The molecule has 4 rings (SSSR count). The molecule has 3 aromatic heterocycles. The zero-order valence-electron chi connectivity index (χ0n) is 13.3. The van der Waals surface area contributed by atoms with E-state index in [1.54, 1.807) is 42.9 Å². The van der Waals surface area contributed by atoms with Gasteiger partial charge >= 0.3 is 0 Å². The second kappa shape index (κ2) is 7.42. The number of anilines is 1. The van der Waals surface area contributed by atoms with Crippen molar-refractivity contribution < 1.29 is 9.53 Å². The van der Waals surface area contributed by atoms with E-state index in [0.29, 0.717) is 21.6 Å². The van der Waals surface area contributed by atoms with Gasteiger partial charge in [0, 0.05) is 40.5 Å². The van der Waals surface area contributed by atoms with E-state index in [1.165, 1.54) is 22.7 Å². The van der Waals surface area contributed by atoms with Gasteiger partial charge in [-0.05, 0) is 36.4 Å². The van der Waals surface area contributed by atoms with Crippen LogP contribution in [0.25, 0.3) is 11.3 Å². The van der Waals surface area contributed by atoms with E-state index in [-0.39, 0.29) is 5.91 Å². The predicted molar refractivity (Wildman–Crippen MR) is 102 cm³/mol. The smallest absolute Gasteiger partial charge is 0.278 e. The summed E-state index contributed by atoms with van der Waals surface area (Å²) in [5.74, 6) is 0.405. The molecule has 0 aliphatic rings. The molecule has 0 bridgehead atoms. The minimum Gasteiger partial charge on any atom is -0.431 e. The van der Waals surface area contributed by atoms with E-state index in [0.717, 1.165) is 11.3 Å². The normalized spacial score (nSPS) is 10.5. The van der Waals surface area contributed by atoms with Gasteiger partial charge in [0.2, 0.25) is 0 Å². The molecule has 26 heavy (non-hydrogen) atoms. The molecule has 0 atom stereocenters. The maximum absolute atomic E-state index is 12.4. The first-order valence-electron chi connectivity index (χ1n) is 7.62. The van der Waals surface area contributed by atoms with Crippen LogP contribution in [-0.2, 0) is 0 Å². The number of pyridine rings is 1. The summed E-state index contributed by atoms with van der Waals surface area (Å²) in [7, 11) is 0. The van der Waals surface area contributed by atoms with Gasteiger partial charge in [-0.15, -0.1) is 11.3 Å². The van der Waals surface area contributed by atoms with Crippen LogP contribution in [0.3, 0.4) is 0 Å². The Morgan fingerprint density at radius 2 is 1.96 bits per heavy atom. The Kier molecular flexibility index (Phi) is 4.67. The molecular formula is C18H12N4O2S2. The molecule has 0 spiro atoms. The number of thiazole rings is 2. The average Bonchev–Trinajstić information content (AvgIpc) is 3.35. The van der Waals surface area contributed by atoms with Gasteiger partial charge < -0.3 is 4.74 Å². The van der Waals surface area contributed by atoms with Crippen LogP contribution < -0.4 is 10.1 Å². The lowest BCUT2D eigenvalue weighted by Crippen LogP contribution is -2.11. The summed E-state index contributed by atoms with van der Waals surface area (Å²) < 4.78 is 5.58. The van der Waals surface area contributed by atoms with Crippen molar-refractivity contribution >= 4 is 33.7 Å². The minimum absolute atomic E-state index is 0.224. The monoisotopic (exact) mass is 380 g/mol. The van der Waals surface area contributed by atoms with Gasteiger partial charge in [0.1, 0.15) is 5.75 Å². The molecule has 3 heterocycles. The van der Waals surface area contributed by atoms with Crippen LogP contribution in [0, 0.1) is 0 Å². The summed E-state index contributed by atoms with van der Waals surface area (Å²) in [5, 5.41) is 7.64. The summed E-state index contributed by atoms with van der Waals surface area (Å²) in [6.07, 6.45) is 5.12. The first kappa shape index (κ1) is 16.4. The molecule has 0 saturated carbocycles. The van der Waals surface area contributed by atoms with E-state index in [9.17, 15) is 4.79 Å². The molecule has 0 saturated heterocycles. The highest BCUT2D eigenvalue weighted by molar-refractivity contribution is 7.14. The van der Waals surface area contributed by atoms with Gasteiger partial charge in [-0.3, -0.25) is 15.1 Å². The third kappa shape index (κ3) is 3.76. The fraction of sp³-hybridized carbons (Fsp3) is 0. The topological polar surface area (TPSA) is 77.0 Å². The van der Waals surface area contributed by atoms with Gasteiger partial charge in [0.15, 0.2) is 5.13 Å². The summed E-state index contributed by atoms with van der Waals surface area (Å²) in [5.41, 5.74) is 2.22. The number of nitrogens with one attached hydrogen (secondary N) is 1. The molecular weight excluding hydrogens is 368 g/mol. The number of hydrogen-bond acceptors (Lipinski definition) is 7. The summed E-state index contributed by atoms with van der Waals surface area (Å²) >= 11 is 2.78. The number of nitrogens with zero attached hydrogens (tertiary/aromatic N) is 3. The van der Waals surface area contributed by atoms with E-state index in [1.807, 2.05) is 22.9 Å². The maximum Gasteiger partial charge on any atom is 0.278 e. The number of carbonyl (C=O) groups is 1. The molecule has 128 valence electrons. The summed E-state index contributed by atoms with van der Waals surface area (Å²) in [6, 6.07) is 10.7. The van der Waals surface area contributed by atoms with Gasteiger partial charge in [0.25, 0.3) is 11.1 Å². The number of amides is 1. The van der Waals surface area contributed by atoms with Crippen LogP contribution in [0.15, 0.2) is 65.7 Å². The van der Waals surface area contributed by atoms with Crippen molar-refractivity contribution in [3.63, 3.8) is 0 Å². The highest BCUT2D eigenvalue weighted by atomic mass is 32.1. The highest BCUT2D eigenvalue weighted by Gasteiger charge is 2.10. The van der Waals surface area contributed by atoms with E-state index >= 15 is 0 Å². The van der Waals surface area contributed by atoms with Crippen molar-refractivity contribution in [1.82, 2.24) is 15.0 Å². The second-order valence-corrected chi connectivity index (χ2v) is 6.87. The predicted octanol–water partition coefficient (Wildman–Crippen LogP) is 4.71. The molecule has 0 aliphatic heterocycles. The molecule has 1 amide bonds. The zero-order valence-corrected chi connectivity index (χ0v) is 15.0. The van der Waals surface area contributed by atoms with E-state index < -0.39 is 0 Å². The molecule has 1 aromatic carbocycles. The SMILES string of the molecule is O=C(Nc1nc(-c2cccnc2)cs1)c1ccc(Oc2nccs2)cc1. The molecule has 6 nitrogen and oxygen atoms in total.